The van der Waals surface area contributed by atoms with Crippen LogP contribution < -0.4 is 21.3 Å². The van der Waals surface area contributed by atoms with Crippen LogP contribution in [0.4, 0.5) is 32.4 Å². The number of carbonyl (C=O) groups excluding carboxylic acids is 4. The molecule has 1 saturated heterocycles. The number of H-pyrrole nitrogens is 1. The third kappa shape index (κ3) is 11.7. The quantitative estimate of drug-likeness (QED) is 0.0904. The van der Waals surface area contributed by atoms with E-state index in [1.54, 1.807) is 26.8 Å². The van der Waals surface area contributed by atoms with Crippen LogP contribution in [0.3, 0.4) is 0 Å². The van der Waals surface area contributed by atoms with E-state index in [0.717, 1.165) is 42.6 Å². The average Bonchev–Trinajstić information content (AvgIpc) is 3.65. The van der Waals surface area contributed by atoms with Crippen LogP contribution in [0.5, 0.6) is 0 Å². The van der Waals surface area contributed by atoms with Gasteiger partial charge in [0.25, 0.3) is 5.91 Å². The van der Waals surface area contributed by atoms with E-state index in [4.69, 9.17) is 4.74 Å². The lowest BCUT2D eigenvalue weighted by atomic mass is 9.81. The first-order valence-electron chi connectivity index (χ1n) is 20.9. The summed E-state index contributed by atoms with van der Waals surface area (Å²) >= 11 is 0. The molecule has 2 heterocycles. The number of nitrogens with one attached hydrogen (secondary N) is 5. The second kappa shape index (κ2) is 18.8. The molecule has 1 aliphatic heterocycles. The second-order valence-corrected chi connectivity index (χ2v) is 17.5. The number of ether oxygens (including phenoxy) is 1. The summed E-state index contributed by atoms with van der Waals surface area (Å²) < 4.78 is 72.5. The Morgan fingerprint density at radius 1 is 0.887 bits per heavy atom. The number of benzene rings is 3. The van der Waals surface area contributed by atoms with Gasteiger partial charge >= 0.3 is 18.2 Å². The Morgan fingerprint density at radius 3 is 2.19 bits per heavy atom. The monoisotopic (exact) mass is 867 g/mol. The van der Waals surface area contributed by atoms with E-state index in [2.05, 4.69) is 38.2 Å². The number of carbonyl (C=O) groups is 4. The number of alkyl halides is 5. The van der Waals surface area contributed by atoms with Crippen molar-refractivity contribution in [1.29, 1.82) is 0 Å². The molecule has 1 atom stereocenters. The Bertz CT molecular complexity index is 2240. The zero-order valence-electron chi connectivity index (χ0n) is 35.5. The summed E-state index contributed by atoms with van der Waals surface area (Å²) in [5.74, 6) is -8.15. The number of halogens is 5. The van der Waals surface area contributed by atoms with E-state index >= 15 is 0 Å². The van der Waals surface area contributed by atoms with Gasteiger partial charge in [0.1, 0.15) is 11.6 Å². The molecule has 0 bridgehead atoms. The number of hydrogen-bond donors (Lipinski definition) is 5. The van der Waals surface area contributed by atoms with Crippen LogP contribution in [0.1, 0.15) is 86.6 Å². The Labute approximate surface area is 357 Å². The molecular weight excluding hydrogens is 814 g/mol. The lowest BCUT2D eigenvalue weighted by molar-refractivity contribution is -0.292. The summed E-state index contributed by atoms with van der Waals surface area (Å²) in [5.41, 5.74) is 3.10. The Kier molecular flexibility index (Phi) is 13.9. The number of aromatic nitrogens is 2. The number of alkyl carbamates (subject to hydrolysis) is 1. The number of piperidine rings is 1. The molecule has 1 aliphatic carbocycles. The SMILES string of the molecule is Cc1cc(C(=O)NC2CCN(C)CC2)ccc1-c1ccc(C[C@H](NC(=O)C2CCC(CNC(=O)OC(C)(C)C)CC2)C(=O)Nc2ccc3nc(C(F)(F)C(F)(F)F)[nH]c3c2)cc1. The van der Waals surface area contributed by atoms with Crippen LogP contribution in [-0.2, 0) is 26.7 Å². The molecule has 4 aromatic rings. The highest BCUT2D eigenvalue weighted by Crippen LogP contribution is 2.43. The summed E-state index contributed by atoms with van der Waals surface area (Å²) in [6, 6.07) is 15.8. The minimum atomic E-state index is -5.87. The molecule has 5 N–H and O–H groups in total. The predicted molar refractivity (Wildman–Crippen MR) is 225 cm³/mol. The van der Waals surface area contributed by atoms with Crippen molar-refractivity contribution in [3.8, 4) is 11.1 Å². The van der Waals surface area contributed by atoms with Crippen LogP contribution in [0, 0.1) is 18.8 Å². The van der Waals surface area contributed by atoms with Gasteiger partial charge in [-0.05, 0) is 145 Å². The van der Waals surface area contributed by atoms with E-state index in [1.165, 1.54) is 18.2 Å². The molecular formula is C45H54F5N7O5. The highest BCUT2D eigenvalue weighted by molar-refractivity contribution is 5.99. The molecule has 2 aliphatic rings. The maximum absolute atomic E-state index is 14.0. The molecule has 0 radical (unpaired) electrons. The summed E-state index contributed by atoms with van der Waals surface area (Å²) in [6.45, 7) is 9.52. The van der Waals surface area contributed by atoms with Gasteiger partial charge in [-0.15, -0.1) is 0 Å². The normalized spacial score (nSPS) is 18.5. The standard InChI is InChI=1S/C45H54F5N7O5/c1-26-22-31(39(59)52-32-18-20-57(5)21-19-32)14-16-34(26)29-10-6-27(7-11-29)23-37(54-38(58)30-12-8-28(9-13-30)25-51-42(61)62-43(2,3)4)40(60)53-33-15-17-35-36(24-33)56-41(55-35)44(46,47)45(48,49)50/h6-7,10-11,14-17,22,24,28,30,32,37H,8-9,12-13,18-21,23,25H2,1-5H3,(H,51,61)(H,52,59)(H,53,60)(H,54,58)(H,55,56)/t28?,30?,37-/m0/s1. The molecule has 62 heavy (non-hydrogen) atoms. The number of nitrogens with zero attached hydrogens (tertiary/aromatic N) is 2. The van der Waals surface area contributed by atoms with E-state index < -0.39 is 47.5 Å². The smallest absolute Gasteiger partial charge is 0.444 e. The number of rotatable bonds is 12. The van der Waals surface area contributed by atoms with Crippen molar-refractivity contribution in [3.63, 3.8) is 0 Å². The topological polar surface area (TPSA) is 158 Å². The van der Waals surface area contributed by atoms with Gasteiger partial charge in [0.15, 0.2) is 5.82 Å². The molecule has 1 saturated carbocycles. The fraction of sp³-hybridized carbons (Fsp3) is 0.489. The van der Waals surface area contributed by atoms with Crippen LogP contribution in [0.25, 0.3) is 22.2 Å². The van der Waals surface area contributed by atoms with Crippen molar-refractivity contribution < 1.29 is 45.9 Å². The molecule has 3 aromatic carbocycles. The van der Waals surface area contributed by atoms with Gasteiger partial charge in [0, 0.05) is 36.2 Å². The molecule has 2 fully saturated rings. The van der Waals surface area contributed by atoms with Crippen molar-refractivity contribution >= 4 is 40.5 Å². The van der Waals surface area contributed by atoms with Crippen LogP contribution in [-0.4, -0.2) is 89.2 Å². The van der Waals surface area contributed by atoms with Crippen molar-refractivity contribution in [1.82, 2.24) is 30.8 Å². The molecule has 0 unspecified atom stereocenters. The lowest BCUT2D eigenvalue weighted by Crippen LogP contribution is -2.48. The fourth-order valence-electron chi connectivity index (χ4n) is 7.88. The van der Waals surface area contributed by atoms with Gasteiger partial charge in [-0.3, -0.25) is 14.4 Å². The van der Waals surface area contributed by atoms with Crippen LogP contribution in [0.15, 0.2) is 60.7 Å². The second-order valence-electron chi connectivity index (χ2n) is 17.5. The van der Waals surface area contributed by atoms with E-state index in [9.17, 15) is 41.1 Å². The van der Waals surface area contributed by atoms with Crippen molar-refractivity contribution in [2.75, 3.05) is 32.0 Å². The fourth-order valence-corrected chi connectivity index (χ4v) is 7.88. The lowest BCUT2D eigenvalue weighted by Gasteiger charge is -2.29. The number of imidazole rings is 1. The molecule has 334 valence electrons. The number of likely N-dealkylation sites (tertiary alicyclic amines) is 1. The minimum Gasteiger partial charge on any atom is -0.444 e. The number of aromatic amines is 1. The van der Waals surface area contributed by atoms with E-state index in [0.29, 0.717) is 43.4 Å². The molecule has 12 nitrogen and oxygen atoms in total. The first kappa shape index (κ1) is 45.9. The molecule has 17 heteroatoms. The van der Waals surface area contributed by atoms with Gasteiger partial charge in [-0.1, -0.05) is 30.3 Å². The van der Waals surface area contributed by atoms with Crippen LogP contribution in [0.2, 0.25) is 0 Å². The highest BCUT2D eigenvalue weighted by atomic mass is 19.4. The Hall–Kier alpha value is -5.58. The van der Waals surface area contributed by atoms with Gasteiger partial charge < -0.3 is 35.9 Å². The number of fused-ring (bicyclic) bond motifs is 1. The van der Waals surface area contributed by atoms with Crippen LogP contribution >= 0.6 is 0 Å². The van der Waals surface area contributed by atoms with E-state index in [1.807, 2.05) is 48.3 Å². The predicted octanol–water partition coefficient (Wildman–Crippen LogP) is 8.01. The first-order valence-corrected chi connectivity index (χ1v) is 20.9. The van der Waals surface area contributed by atoms with Gasteiger partial charge in [0.05, 0.1) is 11.0 Å². The van der Waals surface area contributed by atoms with Crippen molar-refractivity contribution in [2.24, 2.45) is 11.8 Å². The van der Waals surface area contributed by atoms with Gasteiger partial charge in [-0.25, -0.2) is 9.78 Å². The zero-order chi connectivity index (χ0) is 45.0. The number of aryl methyl sites for hydroxylation is 1. The summed E-state index contributed by atoms with van der Waals surface area (Å²) in [5, 5.41) is 11.5. The Morgan fingerprint density at radius 2 is 1.56 bits per heavy atom. The summed E-state index contributed by atoms with van der Waals surface area (Å²) in [6.07, 6.45) is -2.15. The van der Waals surface area contributed by atoms with Crippen molar-refractivity contribution in [2.45, 2.75) is 102 Å². The zero-order valence-corrected chi connectivity index (χ0v) is 35.5. The largest absolute Gasteiger partial charge is 0.461 e. The third-order valence-electron chi connectivity index (χ3n) is 11.4. The Balaban J connectivity index is 1.14. The first-order chi connectivity index (χ1) is 29.1. The number of amides is 4. The number of hydrogen-bond acceptors (Lipinski definition) is 7. The maximum atomic E-state index is 14.0. The molecule has 6 rings (SSSR count). The molecule has 4 amide bonds. The van der Waals surface area contributed by atoms with Gasteiger partial charge in [-0.2, -0.15) is 22.0 Å². The minimum absolute atomic E-state index is 0.0658. The number of anilines is 1. The maximum Gasteiger partial charge on any atom is 0.461 e. The van der Waals surface area contributed by atoms with Gasteiger partial charge in [0.2, 0.25) is 11.8 Å². The summed E-state index contributed by atoms with van der Waals surface area (Å²) in [4.78, 5) is 60.5. The third-order valence-corrected chi connectivity index (χ3v) is 11.4. The average molecular weight is 868 g/mol. The summed E-state index contributed by atoms with van der Waals surface area (Å²) in [7, 11) is 2.07. The van der Waals surface area contributed by atoms with E-state index in [-0.39, 0.29) is 46.9 Å². The van der Waals surface area contributed by atoms with Crippen molar-refractivity contribution in [3.05, 3.63) is 83.2 Å². The molecule has 1 aromatic heterocycles. The highest BCUT2D eigenvalue weighted by Gasteiger charge is 2.61. The molecule has 0 spiro atoms.